The van der Waals surface area contributed by atoms with Gasteiger partial charge in [0.25, 0.3) is 0 Å². The van der Waals surface area contributed by atoms with Gasteiger partial charge in [0.15, 0.2) is 9.84 Å². The number of benzene rings is 1. The summed E-state index contributed by atoms with van der Waals surface area (Å²) in [6.45, 7) is 1.70. The van der Waals surface area contributed by atoms with E-state index in [1.165, 1.54) is 18.2 Å². The van der Waals surface area contributed by atoms with E-state index >= 15 is 0 Å². The van der Waals surface area contributed by atoms with Crippen molar-refractivity contribution >= 4 is 21.4 Å². The third-order valence-corrected chi connectivity index (χ3v) is 4.17. The first-order valence-corrected chi connectivity index (χ1v) is 7.72. The van der Waals surface area contributed by atoms with Gasteiger partial charge >= 0.3 is 0 Å². The first-order valence-electron chi connectivity index (χ1n) is 5.90. The lowest BCUT2D eigenvalue weighted by atomic mass is 10.3. The monoisotopic (exact) mass is 288 g/mol. The topological polar surface area (TPSA) is 75.3 Å². The first-order chi connectivity index (χ1) is 8.94. The predicted octanol–water partition coefficient (Wildman–Crippen LogP) is 0.789. The molecule has 2 N–H and O–H groups in total. The standard InChI is InChI=1S/C12H17FN2O3S/c1-2-19(17,18)8-7-14-9-12(16)15-11-6-4-3-5-10(11)13/h3-6,14H,2,7-9H2,1H3,(H,15,16). The molecule has 0 spiro atoms. The van der Waals surface area contributed by atoms with Crippen LogP contribution in [0.2, 0.25) is 0 Å². The summed E-state index contributed by atoms with van der Waals surface area (Å²) in [7, 11) is -3.04. The molecule has 106 valence electrons. The fourth-order valence-corrected chi connectivity index (χ4v) is 2.07. The number of carbonyl (C=O) groups excluding carboxylic acids is 1. The normalized spacial score (nSPS) is 11.3. The van der Waals surface area contributed by atoms with Crippen LogP contribution in [0.3, 0.4) is 0 Å². The predicted molar refractivity (Wildman–Crippen MR) is 72.2 cm³/mol. The van der Waals surface area contributed by atoms with Gasteiger partial charge in [-0.1, -0.05) is 19.1 Å². The number of para-hydroxylation sites is 1. The summed E-state index contributed by atoms with van der Waals surface area (Å²) in [5.41, 5.74) is 0.107. The Labute approximate surface area is 112 Å². The van der Waals surface area contributed by atoms with Crippen molar-refractivity contribution in [2.75, 3.05) is 29.9 Å². The molecular formula is C12H17FN2O3S. The number of sulfone groups is 1. The van der Waals surface area contributed by atoms with E-state index in [4.69, 9.17) is 0 Å². The highest BCUT2D eigenvalue weighted by Crippen LogP contribution is 2.11. The van der Waals surface area contributed by atoms with Gasteiger partial charge in [0.2, 0.25) is 5.91 Å². The second-order valence-corrected chi connectivity index (χ2v) is 6.41. The highest BCUT2D eigenvalue weighted by atomic mass is 32.2. The zero-order valence-corrected chi connectivity index (χ0v) is 11.5. The number of hydrogen-bond donors (Lipinski definition) is 2. The van der Waals surface area contributed by atoms with Crippen LogP contribution in [-0.2, 0) is 14.6 Å². The minimum atomic E-state index is -3.04. The van der Waals surface area contributed by atoms with E-state index in [0.717, 1.165) is 0 Å². The first kappa shape index (κ1) is 15.6. The van der Waals surface area contributed by atoms with Crippen LogP contribution in [0.1, 0.15) is 6.92 Å². The molecule has 0 fully saturated rings. The van der Waals surface area contributed by atoms with Crippen molar-refractivity contribution in [2.24, 2.45) is 0 Å². The molecule has 0 bridgehead atoms. The van der Waals surface area contributed by atoms with Crippen molar-refractivity contribution in [1.82, 2.24) is 5.32 Å². The van der Waals surface area contributed by atoms with Gasteiger partial charge in [-0.05, 0) is 12.1 Å². The summed E-state index contributed by atoms with van der Waals surface area (Å²) < 4.78 is 35.6. The van der Waals surface area contributed by atoms with Crippen LogP contribution < -0.4 is 10.6 Å². The smallest absolute Gasteiger partial charge is 0.238 e. The van der Waals surface area contributed by atoms with Crippen molar-refractivity contribution in [3.8, 4) is 0 Å². The molecule has 5 nitrogen and oxygen atoms in total. The number of rotatable bonds is 7. The van der Waals surface area contributed by atoms with Gasteiger partial charge in [-0.15, -0.1) is 0 Å². The van der Waals surface area contributed by atoms with Crippen LogP contribution in [0.15, 0.2) is 24.3 Å². The third-order valence-electron chi connectivity index (χ3n) is 2.46. The van der Waals surface area contributed by atoms with E-state index in [0.29, 0.717) is 0 Å². The number of nitrogens with one attached hydrogen (secondary N) is 2. The Bertz CT molecular complexity index is 532. The molecule has 0 unspecified atom stereocenters. The largest absolute Gasteiger partial charge is 0.322 e. The van der Waals surface area contributed by atoms with Gasteiger partial charge in [0, 0.05) is 12.3 Å². The Hall–Kier alpha value is -1.47. The summed E-state index contributed by atoms with van der Waals surface area (Å²) >= 11 is 0. The van der Waals surface area contributed by atoms with Crippen LogP contribution in [0.25, 0.3) is 0 Å². The number of hydrogen-bond acceptors (Lipinski definition) is 4. The number of amides is 1. The van der Waals surface area contributed by atoms with E-state index in [-0.39, 0.29) is 30.3 Å². The van der Waals surface area contributed by atoms with E-state index in [9.17, 15) is 17.6 Å². The minimum Gasteiger partial charge on any atom is -0.322 e. The number of carbonyl (C=O) groups is 1. The van der Waals surface area contributed by atoms with Crippen molar-refractivity contribution < 1.29 is 17.6 Å². The van der Waals surface area contributed by atoms with Gasteiger partial charge in [-0.25, -0.2) is 12.8 Å². The van der Waals surface area contributed by atoms with Gasteiger partial charge < -0.3 is 10.6 Å². The molecule has 1 rings (SSSR count). The van der Waals surface area contributed by atoms with E-state index in [2.05, 4.69) is 10.6 Å². The quantitative estimate of drug-likeness (QED) is 0.727. The Kier molecular flexibility index (Phi) is 5.91. The maximum absolute atomic E-state index is 13.2. The van der Waals surface area contributed by atoms with Crippen molar-refractivity contribution in [3.05, 3.63) is 30.1 Å². The van der Waals surface area contributed by atoms with Gasteiger partial charge in [-0.3, -0.25) is 4.79 Å². The number of halogens is 1. The highest BCUT2D eigenvalue weighted by Gasteiger charge is 2.08. The van der Waals surface area contributed by atoms with E-state index in [1.54, 1.807) is 13.0 Å². The molecule has 1 aromatic carbocycles. The van der Waals surface area contributed by atoms with Crippen LogP contribution in [0, 0.1) is 5.82 Å². The Morgan fingerprint density at radius 3 is 2.63 bits per heavy atom. The second kappa shape index (κ2) is 7.20. The Morgan fingerprint density at radius 2 is 2.00 bits per heavy atom. The fourth-order valence-electron chi connectivity index (χ4n) is 1.33. The average Bonchev–Trinajstić information content (AvgIpc) is 2.38. The lowest BCUT2D eigenvalue weighted by molar-refractivity contribution is -0.115. The lowest BCUT2D eigenvalue weighted by Gasteiger charge is -2.07. The minimum absolute atomic E-state index is 0.0174. The van der Waals surface area contributed by atoms with Gasteiger partial charge in [-0.2, -0.15) is 0 Å². The van der Waals surface area contributed by atoms with E-state index in [1.807, 2.05) is 0 Å². The molecule has 19 heavy (non-hydrogen) atoms. The van der Waals surface area contributed by atoms with Gasteiger partial charge in [0.05, 0.1) is 18.0 Å². The maximum Gasteiger partial charge on any atom is 0.238 e. The summed E-state index contributed by atoms with van der Waals surface area (Å²) in [4.78, 5) is 11.5. The van der Waals surface area contributed by atoms with E-state index < -0.39 is 21.6 Å². The Balaban J connectivity index is 2.31. The molecule has 0 atom stereocenters. The molecular weight excluding hydrogens is 271 g/mol. The molecule has 0 saturated carbocycles. The zero-order valence-electron chi connectivity index (χ0n) is 10.6. The molecule has 1 amide bonds. The summed E-state index contributed by atoms with van der Waals surface area (Å²) in [5.74, 6) is -0.865. The molecule has 0 aromatic heterocycles. The molecule has 0 aliphatic rings. The molecule has 0 saturated heterocycles. The SMILES string of the molecule is CCS(=O)(=O)CCNCC(=O)Nc1ccccc1F. The molecule has 1 aromatic rings. The van der Waals surface area contributed by atoms with Crippen LogP contribution in [0.4, 0.5) is 10.1 Å². The molecule has 0 aliphatic heterocycles. The average molecular weight is 288 g/mol. The van der Waals surface area contributed by atoms with Crippen molar-refractivity contribution in [2.45, 2.75) is 6.92 Å². The van der Waals surface area contributed by atoms with Crippen molar-refractivity contribution in [3.63, 3.8) is 0 Å². The fraction of sp³-hybridized carbons (Fsp3) is 0.417. The van der Waals surface area contributed by atoms with Crippen LogP contribution in [0.5, 0.6) is 0 Å². The molecule has 7 heteroatoms. The van der Waals surface area contributed by atoms with Gasteiger partial charge in [0.1, 0.15) is 5.82 Å². The zero-order chi connectivity index (χ0) is 14.3. The highest BCUT2D eigenvalue weighted by molar-refractivity contribution is 7.91. The second-order valence-electron chi connectivity index (χ2n) is 3.94. The summed E-state index contributed by atoms with van der Waals surface area (Å²) in [6, 6.07) is 5.84. The summed E-state index contributed by atoms with van der Waals surface area (Å²) in [6.07, 6.45) is 0. The molecule has 0 aliphatic carbocycles. The number of anilines is 1. The lowest BCUT2D eigenvalue weighted by Crippen LogP contribution is -2.32. The summed E-state index contributed by atoms with van der Waals surface area (Å²) in [5, 5.41) is 5.10. The van der Waals surface area contributed by atoms with Crippen molar-refractivity contribution in [1.29, 1.82) is 0 Å². The molecule has 0 heterocycles. The van der Waals surface area contributed by atoms with Crippen LogP contribution in [-0.4, -0.2) is 38.9 Å². The Morgan fingerprint density at radius 1 is 1.32 bits per heavy atom. The third kappa shape index (κ3) is 5.80. The molecule has 0 radical (unpaired) electrons. The van der Waals surface area contributed by atoms with Crippen LogP contribution >= 0.6 is 0 Å². The maximum atomic E-state index is 13.2.